The number of nitrogens with zero attached hydrogens (tertiary/aromatic N) is 2. The quantitative estimate of drug-likeness (QED) is 0.379. The van der Waals surface area contributed by atoms with E-state index in [-0.39, 0.29) is 28.9 Å². The molecule has 0 atom stereocenters. The highest BCUT2D eigenvalue weighted by Crippen LogP contribution is 2.55. The lowest BCUT2D eigenvalue weighted by Gasteiger charge is -2.63. The van der Waals surface area contributed by atoms with Crippen molar-refractivity contribution in [2.75, 3.05) is 0 Å². The zero-order chi connectivity index (χ0) is 19.7. The zero-order valence-electron chi connectivity index (χ0n) is 15.1. The van der Waals surface area contributed by atoms with E-state index >= 15 is 0 Å². The van der Waals surface area contributed by atoms with Crippen LogP contribution in [-0.4, -0.2) is 24.3 Å². The molecule has 138 valence electrons. The van der Waals surface area contributed by atoms with Crippen molar-refractivity contribution < 1.29 is 9.53 Å². The Labute approximate surface area is 173 Å². The molecule has 1 amide bonds. The molecule has 26 heavy (non-hydrogen) atoms. The first-order chi connectivity index (χ1) is 12.1. The van der Waals surface area contributed by atoms with Crippen LogP contribution in [0.2, 0.25) is 5.02 Å². The van der Waals surface area contributed by atoms with Crippen LogP contribution in [0.25, 0.3) is 0 Å². The summed E-state index contributed by atoms with van der Waals surface area (Å²) in [7, 11) is 0. The van der Waals surface area contributed by atoms with Gasteiger partial charge in [0, 0.05) is 29.2 Å². The molecule has 0 saturated heterocycles. The molecule has 0 spiro atoms. The lowest BCUT2D eigenvalue weighted by Crippen LogP contribution is -2.74. The number of carbonyl (C=O) groups excluding carboxylic acids is 1. The van der Waals surface area contributed by atoms with Crippen molar-refractivity contribution in [1.29, 1.82) is 5.26 Å². The molecular weight excluding hydrogens is 465 g/mol. The molecule has 7 heteroatoms. The second kappa shape index (κ2) is 7.57. The number of nitriles is 1. The Morgan fingerprint density at radius 1 is 1.42 bits per heavy atom. The highest BCUT2D eigenvalue weighted by Gasteiger charge is 2.64. The maximum atomic E-state index is 12.3. The van der Waals surface area contributed by atoms with E-state index in [2.05, 4.69) is 15.1 Å². The molecule has 1 aliphatic rings. The molecule has 1 aromatic rings. The second-order valence-corrected chi connectivity index (χ2v) is 8.52. The van der Waals surface area contributed by atoms with Gasteiger partial charge in [0.2, 0.25) is 0 Å². The number of nitrogens with one attached hydrogen (secondary N) is 1. The number of amides is 1. The van der Waals surface area contributed by atoms with Gasteiger partial charge in [-0.1, -0.05) is 45.9 Å². The molecule has 0 radical (unpaired) electrons. The van der Waals surface area contributed by atoms with E-state index in [0.29, 0.717) is 21.9 Å². The predicted octanol–water partition coefficient (Wildman–Crippen LogP) is 4.49. The van der Waals surface area contributed by atoms with E-state index in [1.165, 1.54) is 6.21 Å². The first-order valence-corrected chi connectivity index (χ1v) is 9.40. The Balaban J connectivity index is 2.17. The summed E-state index contributed by atoms with van der Waals surface area (Å²) in [5, 5.41) is 12.4. The third kappa shape index (κ3) is 3.74. The fraction of sp³-hybridized carbons (Fsp3) is 0.421. The highest BCUT2D eigenvalue weighted by molar-refractivity contribution is 14.1. The number of carbonyl (C=O) groups is 1. The third-order valence-electron chi connectivity index (χ3n) is 4.93. The maximum Gasteiger partial charge on any atom is 0.252 e. The van der Waals surface area contributed by atoms with Gasteiger partial charge in [-0.05, 0) is 12.1 Å². The van der Waals surface area contributed by atoms with Crippen LogP contribution >= 0.6 is 34.5 Å². The van der Waals surface area contributed by atoms with Crippen molar-refractivity contribution in [2.45, 2.75) is 39.8 Å². The van der Waals surface area contributed by atoms with Gasteiger partial charge in [0.1, 0.15) is 17.9 Å². The monoisotopic (exact) mass is 485 g/mol. The zero-order valence-corrected chi connectivity index (χ0v) is 18.1. The molecule has 0 bridgehead atoms. The second-order valence-electron chi connectivity index (χ2n) is 7.55. The van der Waals surface area contributed by atoms with E-state index < -0.39 is 0 Å². The summed E-state index contributed by atoms with van der Waals surface area (Å²) in [6, 6.07) is 6.96. The van der Waals surface area contributed by atoms with Gasteiger partial charge in [0.05, 0.1) is 39.0 Å². The number of ether oxygens (including phenoxy) is 1. The summed E-state index contributed by atoms with van der Waals surface area (Å²) in [4.78, 5) is 12.3. The fourth-order valence-electron chi connectivity index (χ4n) is 3.94. The standard InChI is InChI=1S/C19H21ClIN3O2/c1-11(10-23-21)15(25)24-16-18(2,3)17(19(16,4)5)26-13-7-6-12(9-22)14(20)8-13/h6-8,10,16-17H,1H2,2-5H3,(H,24,25). The van der Waals surface area contributed by atoms with Gasteiger partial charge in [0.15, 0.2) is 0 Å². The summed E-state index contributed by atoms with van der Waals surface area (Å²) in [6.45, 7) is 11.9. The molecule has 5 nitrogen and oxygen atoms in total. The van der Waals surface area contributed by atoms with Crippen molar-refractivity contribution in [3.05, 3.63) is 40.9 Å². The topological polar surface area (TPSA) is 74.5 Å². The SMILES string of the molecule is C=C(C=NI)C(=O)NC1C(C)(C)C(Oc2ccc(C#N)c(Cl)c2)C1(C)C. The summed E-state index contributed by atoms with van der Waals surface area (Å²) < 4.78 is 9.98. The molecule has 1 aliphatic carbocycles. The largest absolute Gasteiger partial charge is 0.489 e. The smallest absolute Gasteiger partial charge is 0.252 e. The third-order valence-corrected chi connectivity index (χ3v) is 5.52. The minimum absolute atomic E-state index is 0.0966. The van der Waals surface area contributed by atoms with E-state index in [1.807, 2.05) is 56.6 Å². The lowest BCUT2D eigenvalue weighted by atomic mass is 9.49. The molecule has 2 rings (SSSR count). The van der Waals surface area contributed by atoms with Crippen LogP contribution in [0.4, 0.5) is 0 Å². The minimum Gasteiger partial charge on any atom is -0.489 e. The summed E-state index contributed by atoms with van der Waals surface area (Å²) >= 11 is 7.90. The van der Waals surface area contributed by atoms with Gasteiger partial charge in [-0.3, -0.25) is 4.79 Å². The van der Waals surface area contributed by atoms with E-state index in [4.69, 9.17) is 21.6 Å². The number of benzene rings is 1. The average Bonchev–Trinajstić information content (AvgIpc) is 2.57. The molecule has 1 N–H and O–H groups in total. The van der Waals surface area contributed by atoms with Crippen LogP contribution in [0.5, 0.6) is 5.75 Å². The summed E-state index contributed by atoms with van der Waals surface area (Å²) in [6.07, 6.45) is 1.29. The Hall–Kier alpha value is -1.59. The Morgan fingerprint density at radius 2 is 2.04 bits per heavy atom. The number of hydrogen-bond acceptors (Lipinski definition) is 4. The fourth-order valence-corrected chi connectivity index (χ4v) is 4.49. The Kier molecular flexibility index (Phi) is 6.03. The van der Waals surface area contributed by atoms with Gasteiger partial charge in [-0.25, -0.2) is 3.21 Å². The van der Waals surface area contributed by atoms with Crippen molar-refractivity contribution in [2.24, 2.45) is 14.0 Å². The van der Waals surface area contributed by atoms with Crippen molar-refractivity contribution >= 4 is 46.6 Å². The van der Waals surface area contributed by atoms with Crippen LogP contribution in [0.1, 0.15) is 33.3 Å². The van der Waals surface area contributed by atoms with Gasteiger partial charge >= 0.3 is 0 Å². The summed E-state index contributed by atoms with van der Waals surface area (Å²) in [5.41, 5.74) is 0.115. The minimum atomic E-state index is -0.304. The molecule has 0 unspecified atom stereocenters. The number of hydrogen-bond donors (Lipinski definition) is 1. The predicted molar refractivity (Wildman–Crippen MR) is 112 cm³/mol. The molecular formula is C19H21ClIN3O2. The average molecular weight is 486 g/mol. The van der Waals surface area contributed by atoms with Crippen LogP contribution in [0.15, 0.2) is 33.6 Å². The van der Waals surface area contributed by atoms with Gasteiger partial charge in [0.25, 0.3) is 5.91 Å². The highest BCUT2D eigenvalue weighted by atomic mass is 127. The van der Waals surface area contributed by atoms with E-state index in [0.717, 1.165) is 0 Å². The van der Waals surface area contributed by atoms with Crippen LogP contribution in [-0.2, 0) is 4.79 Å². The first kappa shape index (κ1) is 20.7. The molecule has 1 fully saturated rings. The van der Waals surface area contributed by atoms with E-state index in [9.17, 15) is 4.79 Å². The number of halogens is 2. The Morgan fingerprint density at radius 3 is 2.54 bits per heavy atom. The maximum absolute atomic E-state index is 12.3. The molecule has 1 aromatic carbocycles. The van der Waals surface area contributed by atoms with Crippen LogP contribution in [0, 0.1) is 22.2 Å². The summed E-state index contributed by atoms with van der Waals surface area (Å²) in [5.74, 6) is 0.364. The van der Waals surface area contributed by atoms with Crippen LogP contribution < -0.4 is 10.1 Å². The van der Waals surface area contributed by atoms with Crippen LogP contribution in [0.3, 0.4) is 0 Å². The Bertz CT molecular complexity index is 795. The van der Waals surface area contributed by atoms with Gasteiger partial charge < -0.3 is 10.1 Å². The van der Waals surface area contributed by atoms with E-state index in [1.54, 1.807) is 18.2 Å². The molecule has 0 aromatic heterocycles. The van der Waals surface area contributed by atoms with Gasteiger partial charge in [-0.15, -0.1) is 0 Å². The number of rotatable bonds is 5. The molecule has 0 aliphatic heterocycles. The van der Waals surface area contributed by atoms with Crippen molar-refractivity contribution in [3.63, 3.8) is 0 Å². The first-order valence-electron chi connectivity index (χ1n) is 8.06. The molecule has 0 heterocycles. The normalized spacial score (nSPS) is 23.0. The van der Waals surface area contributed by atoms with Gasteiger partial charge in [-0.2, -0.15) is 5.26 Å². The lowest BCUT2D eigenvalue weighted by molar-refractivity contribution is -0.172. The van der Waals surface area contributed by atoms with Crippen molar-refractivity contribution in [3.8, 4) is 11.8 Å². The molecule has 1 saturated carbocycles. The van der Waals surface area contributed by atoms with Crippen molar-refractivity contribution in [1.82, 2.24) is 5.32 Å².